The number of aromatic nitrogens is 2. The fourth-order valence-corrected chi connectivity index (χ4v) is 6.06. The molecule has 5 N–H and O–H groups in total. The maximum absolute atomic E-state index is 13.0. The molecule has 12 heteroatoms. The Kier molecular flexibility index (Phi) is 5.30. The third kappa shape index (κ3) is 3.56. The van der Waals surface area contributed by atoms with Crippen LogP contribution in [0.2, 0.25) is 0 Å². The minimum atomic E-state index is -4.02. The van der Waals surface area contributed by atoms with Crippen LogP contribution in [0, 0.1) is 0 Å². The average molecular weight is 536 g/mol. The highest BCUT2D eigenvalue weighted by atomic mass is 32.2. The Balaban J connectivity index is 1.32. The van der Waals surface area contributed by atoms with Gasteiger partial charge in [0.05, 0.1) is 37.9 Å². The summed E-state index contributed by atoms with van der Waals surface area (Å²) in [6.45, 7) is 0. The number of sulfonamides is 1. The van der Waals surface area contributed by atoms with Crippen LogP contribution in [-0.2, 0) is 20.2 Å². The van der Waals surface area contributed by atoms with E-state index in [2.05, 4.69) is 20.8 Å². The molecular weight excluding hydrogens is 510 g/mol. The number of primary sulfonamides is 1. The van der Waals surface area contributed by atoms with Gasteiger partial charge in [-0.1, -0.05) is 6.07 Å². The molecule has 1 aromatic heterocycles. The number of fused-ring (bicyclic) bond motifs is 3. The highest BCUT2D eigenvalue weighted by Gasteiger charge is 2.65. The van der Waals surface area contributed by atoms with Crippen LogP contribution >= 0.6 is 0 Å². The monoisotopic (exact) mass is 535 g/mol. The molecule has 38 heavy (non-hydrogen) atoms. The lowest BCUT2D eigenvalue weighted by Gasteiger charge is -2.14. The quantitative estimate of drug-likeness (QED) is 0.281. The number of carbonyl (C=O) groups excluding carboxylic acids is 1. The van der Waals surface area contributed by atoms with Crippen molar-refractivity contribution in [1.82, 2.24) is 10.2 Å². The van der Waals surface area contributed by atoms with E-state index in [1.807, 2.05) is 36.4 Å². The third-order valence-corrected chi connectivity index (χ3v) is 8.29. The number of hydrogen-bond donors (Lipinski definition) is 4. The van der Waals surface area contributed by atoms with Crippen LogP contribution < -0.4 is 30.0 Å². The number of aromatic amines is 1. The van der Waals surface area contributed by atoms with Gasteiger partial charge in [-0.3, -0.25) is 9.89 Å². The Morgan fingerprint density at radius 2 is 1.82 bits per heavy atom. The van der Waals surface area contributed by atoms with E-state index in [9.17, 15) is 13.2 Å². The van der Waals surface area contributed by atoms with E-state index in [4.69, 9.17) is 19.3 Å². The predicted molar refractivity (Wildman–Crippen MR) is 141 cm³/mol. The van der Waals surface area contributed by atoms with Crippen molar-refractivity contribution in [2.24, 2.45) is 5.14 Å². The number of nitrogens with one attached hydrogen (secondary N) is 3. The van der Waals surface area contributed by atoms with Gasteiger partial charge in [0, 0.05) is 29.1 Å². The van der Waals surface area contributed by atoms with Crippen LogP contribution in [0.25, 0.3) is 10.9 Å². The van der Waals surface area contributed by atoms with E-state index >= 15 is 0 Å². The molecule has 1 aliphatic carbocycles. The minimum Gasteiger partial charge on any atom is -0.497 e. The number of hydrogen-bond acceptors (Lipinski definition) is 8. The largest absolute Gasteiger partial charge is 0.497 e. The maximum atomic E-state index is 13.0. The number of rotatable bonds is 7. The molecule has 0 radical (unpaired) electrons. The maximum Gasteiger partial charge on any atom is 0.241 e. The fraction of sp³-hybridized carbons (Fsp3) is 0.231. The summed E-state index contributed by atoms with van der Waals surface area (Å²) in [5, 5.41) is 19.8. The minimum absolute atomic E-state index is 0.00167. The zero-order valence-electron chi connectivity index (χ0n) is 20.8. The van der Waals surface area contributed by atoms with Crippen molar-refractivity contribution in [1.29, 1.82) is 0 Å². The molecule has 2 atom stereocenters. The molecule has 0 saturated heterocycles. The summed E-state index contributed by atoms with van der Waals surface area (Å²) in [7, 11) is 0.368. The summed E-state index contributed by atoms with van der Waals surface area (Å²) in [5.41, 5.74) is 3.43. The molecule has 1 amide bonds. The first kappa shape index (κ1) is 24.1. The van der Waals surface area contributed by atoms with Gasteiger partial charge in [-0.05, 0) is 47.9 Å². The van der Waals surface area contributed by atoms with Crippen LogP contribution in [0.15, 0.2) is 53.4 Å². The number of nitrogens with two attached hydrogens (primary N) is 1. The standard InChI is InChI=1S/C26H25N5O6S/c1-35-14-5-7-18-16(9-14)26(25(32)29-18)12-17(26)13-4-6-15-19(8-13)30-31-24(15)28-20-10-22(37-3)23(38(27,33)34)11-21(20)36-2/h4-11,17H,12H2,1-3H3,(H,29,32)(H2,27,33,34)(H2,28,30,31)/t17-,26-/m0/s1. The molecule has 11 nitrogen and oxygen atoms in total. The molecule has 2 heterocycles. The van der Waals surface area contributed by atoms with E-state index in [1.54, 1.807) is 7.11 Å². The van der Waals surface area contributed by atoms with Gasteiger partial charge in [-0.2, -0.15) is 5.10 Å². The van der Waals surface area contributed by atoms with E-state index < -0.39 is 15.4 Å². The lowest BCUT2D eigenvalue weighted by Crippen LogP contribution is -2.21. The van der Waals surface area contributed by atoms with Crippen molar-refractivity contribution in [2.45, 2.75) is 22.6 Å². The number of methoxy groups -OCH3 is 3. The molecule has 4 aromatic rings. The Labute approximate surface area is 218 Å². The van der Waals surface area contributed by atoms with Crippen LogP contribution in [-0.4, -0.2) is 45.9 Å². The number of ether oxygens (including phenoxy) is 3. The zero-order valence-corrected chi connectivity index (χ0v) is 21.6. The van der Waals surface area contributed by atoms with Gasteiger partial charge in [0.25, 0.3) is 0 Å². The van der Waals surface area contributed by atoms with Crippen LogP contribution in [0.5, 0.6) is 17.2 Å². The van der Waals surface area contributed by atoms with Gasteiger partial charge >= 0.3 is 0 Å². The molecule has 0 unspecified atom stereocenters. The van der Waals surface area contributed by atoms with E-state index in [-0.39, 0.29) is 28.2 Å². The Hall–Kier alpha value is -4.29. The number of nitrogens with zero attached hydrogens (tertiary/aromatic N) is 1. The summed E-state index contributed by atoms with van der Waals surface area (Å²) in [5.74, 6) is 1.58. The highest BCUT2D eigenvalue weighted by molar-refractivity contribution is 7.89. The van der Waals surface area contributed by atoms with E-state index in [1.165, 1.54) is 26.4 Å². The Morgan fingerprint density at radius 3 is 2.53 bits per heavy atom. The smallest absolute Gasteiger partial charge is 0.241 e. The first-order valence-electron chi connectivity index (χ1n) is 11.7. The topological polar surface area (TPSA) is 158 Å². The number of carbonyl (C=O) groups is 1. The molecule has 2 aliphatic rings. The first-order chi connectivity index (χ1) is 18.2. The van der Waals surface area contributed by atoms with Gasteiger partial charge in [-0.25, -0.2) is 13.6 Å². The Bertz CT molecular complexity index is 1730. The second kappa shape index (κ2) is 8.36. The molecule has 1 saturated carbocycles. The van der Waals surface area contributed by atoms with Crippen molar-refractivity contribution in [3.05, 3.63) is 59.7 Å². The van der Waals surface area contributed by atoms with Crippen molar-refractivity contribution in [2.75, 3.05) is 32.0 Å². The first-order valence-corrected chi connectivity index (χ1v) is 13.3. The summed E-state index contributed by atoms with van der Waals surface area (Å²) < 4.78 is 39.9. The van der Waals surface area contributed by atoms with Crippen molar-refractivity contribution in [3.63, 3.8) is 0 Å². The fourth-order valence-electron chi connectivity index (χ4n) is 5.37. The lowest BCUT2D eigenvalue weighted by atomic mass is 9.91. The number of amides is 1. The van der Waals surface area contributed by atoms with Crippen LogP contribution in [0.3, 0.4) is 0 Å². The second-order valence-electron chi connectivity index (χ2n) is 9.34. The van der Waals surface area contributed by atoms with Gasteiger partial charge in [0.1, 0.15) is 22.1 Å². The van der Waals surface area contributed by atoms with Crippen LogP contribution in [0.1, 0.15) is 23.5 Å². The number of H-pyrrole nitrogens is 1. The molecule has 196 valence electrons. The summed E-state index contributed by atoms with van der Waals surface area (Å²) in [4.78, 5) is 12.8. The van der Waals surface area contributed by atoms with Crippen LogP contribution in [0.4, 0.5) is 17.2 Å². The molecule has 1 fully saturated rings. The Morgan fingerprint density at radius 1 is 1.03 bits per heavy atom. The second-order valence-corrected chi connectivity index (χ2v) is 10.9. The number of benzene rings is 3. The zero-order chi connectivity index (χ0) is 26.8. The van der Waals surface area contributed by atoms with E-state index in [0.29, 0.717) is 23.7 Å². The van der Waals surface area contributed by atoms with Gasteiger partial charge in [0.2, 0.25) is 15.9 Å². The van der Waals surface area contributed by atoms with Crippen molar-refractivity contribution in [3.8, 4) is 17.2 Å². The van der Waals surface area contributed by atoms with Gasteiger partial charge in [-0.15, -0.1) is 0 Å². The van der Waals surface area contributed by atoms with Gasteiger partial charge < -0.3 is 24.8 Å². The van der Waals surface area contributed by atoms with Crippen molar-refractivity contribution >= 4 is 44.0 Å². The average Bonchev–Trinajstić information content (AvgIpc) is 3.46. The molecule has 6 rings (SSSR count). The summed E-state index contributed by atoms with van der Waals surface area (Å²) in [6.07, 6.45) is 0.706. The van der Waals surface area contributed by atoms with Gasteiger partial charge in [0.15, 0.2) is 5.82 Å². The molecule has 1 aliphatic heterocycles. The summed E-state index contributed by atoms with van der Waals surface area (Å²) >= 11 is 0. The molecular formula is C26H25N5O6S. The molecule has 1 spiro atoms. The highest BCUT2D eigenvalue weighted by Crippen LogP contribution is 2.65. The van der Waals surface area contributed by atoms with E-state index in [0.717, 1.165) is 27.7 Å². The molecule has 0 bridgehead atoms. The lowest BCUT2D eigenvalue weighted by molar-refractivity contribution is -0.118. The predicted octanol–water partition coefficient (Wildman–Crippen LogP) is 3.36. The number of anilines is 3. The van der Waals surface area contributed by atoms with Crippen molar-refractivity contribution < 1.29 is 27.4 Å². The SMILES string of the molecule is COc1ccc2c(c1)[C@]1(C[C@H]1c1ccc3c(Nc4cc(OC)c(S(N)(=O)=O)cc4OC)n[nH]c3c1)C(=O)N2. The normalized spacial score (nSPS) is 19.8. The third-order valence-electron chi connectivity index (χ3n) is 7.36. The summed E-state index contributed by atoms with van der Waals surface area (Å²) in [6, 6.07) is 14.4. The molecule has 3 aromatic carbocycles.